The molecular weight excluding hydrogens is 280 g/mol. The maximum absolute atomic E-state index is 5.20. The maximum atomic E-state index is 5.20. The summed E-state index contributed by atoms with van der Waals surface area (Å²) in [5.41, 5.74) is 0. The molecule has 0 aliphatic heterocycles. The van der Waals surface area contributed by atoms with E-state index in [1.807, 2.05) is 12.1 Å². The molecule has 0 radical (unpaired) electrons. The van der Waals surface area contributed by atoms with Crippen LogP contribution in [0.25, 0.3) is 0 Å². The van der Waals surface area contributed by atoms with Crippen molar-refractivity contribution in [1.82, 2.24) is 4.98 Å². The van der Waals surface area contributed by atoms with Gasteiger partial charge in [0.15, 0.2) is 0 Å². The smallest absolute Gasteiger partial charge is 0.214 e. The molecule has 1 aliphatic carbocycles. The van der Waals surface area contributed by atoms with E-state index < -0.39 is 0 Å². The zero-order valence-corrected chi connectivity index (χ0v) is 11.8. The molecule has 2 rings (SSSR count). The van der Waals surface area contributed by atoms with Gasteiger partial charge in [-0.25, -0.2) is 0 Å². The number of aromatic nitrogens is 1. The van der Waals surface area contributed by atoms with Gasteiger partial charge in [0.1, 0.15) is 5.82 Å². The summed E-state index contributed by atoms with van der Waals surface area (Å²) in [7, 11) is 1.66. The van der Waals surface area contributed by atoms with E-state index in [4.69, 9.17) is 4.74 Å². The first-order chi connectivity index (χ1) is 8.35. The molecule has 4 heteroatoms. The number of alkyl halides is 1. The molecule has 0 aromatic carbocycles. The van der Waals surface area contributed by atoms with Gasteiger partial charge in [-0.1, -0.05) is 34.8 Å². The van der Waals surface area contributed by atoms with Gasteiger partial charge in [-0.15, -0.1) is 0 Å². The number of halogens is 1. The van der Waals surface area contributed by atoms with Crippen molar-refractivity contribution in [2.45, 2.75) is 31.7 Å². The van der Waals surface area contributed by atoms with Crippen molar-refractivity contribution >= 4 is 21.7 Å². The number of hydrogen-bond acceptors (Lipinski definition) is 3. The molecule has 0 spiro atoms. The lowest BCUT2D eigenvalue weighted by atomic mass is 10.2. The predicted octanol–water partition coefficient (Wildman–Crippen LogP) is 3.23. The Kier molecular flexibility index (Phi) is 4.66. The second kappa shape index (κ2) is 6.24. The van der Waals surface area contributed by atoms with Crippen LogP contribution in [0.15, 0.2) is 18.2 Å². The maximum Gasteiger partial charge on any atom is 0.214 e. The van der Waals surface area contributed by atoms with E-state index in [-0.39, 0.29) is 0 Å². The summed E-state index contributed by atoms with van der Waals surface area (Å²) in [4.78, 5) is 6.94. The Hall–Kier alpha value is -0.770. The number of ether oxygens (including phenoxy) is 1. The highest BCUT2D eigenvalue weighted by Crippen LogP contribution is 2.28. The molecule has 94 valence electrons. The third kappa shape index (κ3) is 3.12. The summed E-state index contributed by atoms with van der Waals surface area (Å²) in [6.07, 6.45) is 5.25. The lowest BCUT2D eigenvalue weighted by Gasteiger charge is -2.29. The summed E-state index contributed by atoms with van der Waals surface area (Å²) in [5, 5.41) is 0.975. The van der Waals surface area contributed by atoms with E-state index in [9.17, 15) is 0 Å². The van der Waals surface area contributed by atoms with Crippen LogP contribution in [-0.4, -0.2) is 30.0 Å². The number of rotatable bonds is 5. The lowest BCUT2D eigenvalue weighted by Crippen LogP contribution is -2.35. The quantitative estimate of drug-likeness (QED) is 0.781. The highest BCUT2D eigenvalue weighted by atomic mass is 79.9. The molecule has 0 atom stereocenters. The number of anilines is 1. The molecule has 0 saturated heterocycles. The normalized spacial score (nSPS) is 16.1. The first-order valence-corrected chi connectivity index (χ1v) is 7.31. The standard InChI is InChI=1S/C13H19BrN2O/c1-17-13-8-4-7-12(15-13)16(10-9-14)11-5-2-3-6-11/h4,7-8,11H,2-3,5-6,9-10H2,1H3. The van der Waals surface area contributed by atoms with Crippen LogP contribution in [0.3, 0.4) is 0 Å². The topological polar surface area (TPSA) is 25.4 Å². The Morgan fingerprint density at radius 2 is 2.18 bits per heavy atom. The lowest BCUT2D eigenvalue weighted by molar-refractivity contribution is 0.397. The number of pyridine rings is 1. The van der Waals surface area contributed by atoms with Crippen molar-refractivity contribution in [1.29, 1.82) is 0 Å². The van der Waals surface area contributed by atoms with Crippen molar-refractivity contribution in [3.63, 3.8) is 0 Å². The fourth-order valence-corrected chi connectivity index (χ4v) is 2.85. The van der Waals surface area contributed by atoms with E-state index in [1.165, 1.54) is 25.7 Å². The molecule has 3 nitrogen and oxygen atoms in total. The van der Waals surface area contributed by atoms with Crippen LogP contribution < -0.4 is 9.64 Å². The third-order valence-electron chi connectivity index (χ3n) is 3.30. The Morgan fingerprint density at radius 3 is 2.82 bits per heavy atom. The minimum Gasteiger partial charge on any atom is -0.481 e. The molecule has 1 saturated carbocycles. The van der Waals surface area contributed by atoms with Gasteiger partial charge in [0.05, 0.1) is 7.11 Å². The fraction of sp³-hybridized carbons (Fsp3) is 0.615. The van der Waals surface area contributed by atoms with Gasteiger partial charge in [-0.3, -0.25) is 0 Å². The van der Waals surface area contributed by atoms with Crippen LogP contribution in [0, 0.1) is 0 Å². The minimum absolute atomic E-state index is 0.646. The summed E-state index contributed by atoms with van der Waals surface area (Å²) >= 11 is 3.53. The van der Waals surface area contributed by atoms with Crippen molar-refractivity contribution in [3.8, 4) is 5.88 Å². The minimum atomic E-state index is 0.646. The molecular formula is C13H19BrN2O. The van der Waals surface area contributed by atoms with Crippen LogP contribution in [0.1, 0.15) is 25.7 Å². The SMILES string of the molecule is COc1cccc(N(CCBr)C2CCCC2)n1. The average Bonchev–Trinajstić information content (AvgIpc) is 2.89. The van der Waals surface area contributed by atoms with Crippen LogP contribution >= 0.6 is 15.9 Å². The Morgan fingerprint density at radius 1 is 1.41 bits per heavy atom. The molecule has 1 aliphatic rings. The van der Waals surface area contributed by atoms with E-state index in [0.717, 1.165) is 17.7 Å². The van der Waals surface area contributed by atoms with Gasteiger partial charge in [0.25, 0.3) is 0 Å². The van der Waals surface area contributed by atoms with Crippen molar-refractivity contribution in [3.05, 3.63) is 18.2 Å². The average molecular weight is 299 g/mol. The highest BCUT2D eigenvalue weighted by molar-refractivity contribution is 9.09. The molecule has 17 heavy (non-hydrogen) atoms. The van der Waals surface area contributed by atoms with Crippen LogP contribution in [-0.2, 0) is 0 Å². The molecule has 0 bridgehead atoms. The summed E-state index contributed by atoms with van der Waals surface area (Å²) in [5.74, 6) is 1.73. The monoisotopic (exact) mass is 298 g/mol. The van der Waals surface area contributed by atoms with Crippen molar-refractivity contribution < 1.29 is 4.74 Å². The second-order valence-electron chi connectivity index (χ2n) is 4.36. The van der Waals surface area contributed by atoms with E-state index in [2.05, 4.69) is 31.9 Å². The number of methoxy groups -OCH3 is 1. The first kappa shape index (κ1) is 12.7. The Labute approximate surface area is 111 Å². The highest BCUT2D eigenvalue weighted by Gasteiger charge is 2.23. The largest absolute Gasteiger partial charge is 0.481 e. The molecule has 0 amide bonds. The van der Waals surface area contributed by atoms with Gasteiger partial charge < -0.3 is 9.64 Å². The van der Waals surface area contributed by atoms with Gasteiger partial charge >= 0.3 is 0 Å². The van der Waals surface area contributed by atoms with Crippen molar-refractivity contribution in [2.24, 2.45) is 0 Å². The second-order valence-corrected chi connectivity index (χ2v) is 5.15. The van der Waals surface area contributed by atoms with Gasteiger partial charge in [-0.2, -0.15) is 4.98 Å². The van der Waals surface area contributed by atoms with E-state index in [0.29, 0.717) is 11.9 Å². The summed E-state index contributed by atoms with van der Waals surface area (Å²) < 4.78 is 5.20. The Balaban J connectivity index is 2.18. The van der Waals surface area contributed by atoms with Crippen LogP contribution in [0.5, 0.6) is 5.88 Å². The molecule has 1 aromatic heterocycles. The summed E-state index contributed by atoms with van der Waals surface area (Å²) in [6.45, 7) is 1.00. The number of hydrogen-bond donors (Lipinski definition) is 0. The van der Waals surface area contributed by atoms with Crippen LogP contribution in [0.2, 0.25) is 0 Å². The fourth-order valence-electron chi connectivity index (χ4n) is 2.47. The molecule has 1 fully saturated rings. The molecule has 1 aromatic rings. The van der Waals surface area contributed by atoms with Crippen molar-refractivity contribution in [2.75, 3.05) is 23.9 Å². The van der Waals surface area contributed by atoms with E-state index >= 15 is 0 Å². The van der Waals surface area contributed by atoms with Crippen LogP contribution in [0.4, 0.5) is 5.82 Å². The molecule has 1 heterocycles. The van der Waals surface area contributed by atoms with Gasteiger partial charge in [0, 0.05) is 24.0 Å². The predicted molar refractivity (Wildman–Crippen MR) is 74.2 cm³/mol. The third-order valence-corrected chi connectivity index (χ3v) is 3.66. The first-order valence-electron chi connectivity index (χ1n) is 6.19. The van der Waals surface area contributed by atoms with Gasteiger partial charge in [0.2, 0.25) is 5.88 Å². The van der Waals surface area contributed by atoms with Gasteiger partial charge in [-0.05, 0) is 18.9 Å². The molecule has 0 N–H and O–H groups in total. The van der Waals surface area contributed by atoms with E-state index in [1.54, 1.807) is 7.11 Å². The molecule has 0 unspecified atom stereocenters. The number of nitrogens with zero attached hydrogens (tertiary/aromatic N) is 2. The Bertz CT molecular complexity index is 353. The zero-order chi connectivity index (χ0) is 12.1. The summed E-state index contributed by atoms with van der Waals surface area (Å²) in [6, 6.07) is 6.62. The zero-order valence-electron chi connectivity index (χ0n) is 10.2.